The van der Waals surface area contributed by atoms with Crippen molar-refractivity contribution in [3.63, 3.8) is 0 Å². The highest BCUT2D eigenvalue weighted by molar-refractivity contribution is 9.10. The molecule has 2 fully saturated rings. The molecule has 4 heteroatoms. The van der Waals surface area contributed by atoms with Crippen LogP contribution in [0.5, 0.6) is 0 Å². The summed E-state index contributed by atoms with van der Waals surface area (Å²) in [5.41, 5.74) is 1.77. The van der Waals surface area contributed by atoms with E-state index in [0.717, 1.165) is 23.8 Å². The molecule has 1 saturated carbocycles. The van der Waals surface area contributed by atoms with E-state index in [1.54, 1.807) is 0 Å². The summed E-state index contributed by atoms with van der Waals surface area (Å²) in [6, 6.07) is 6.13. The Morgan fingerprint density at radius 1 is 1.12 bits per heavy atom. The number of aliphatic hydroxyl groups excluding tert-OH is 1. The van der Waals surface area contributed by atoms with Crippen molar-refractivity contribution in [2.45, 2.75) is 64.2 Å². The summed E-state index contributed by atoms with van der Waals surface area (Å²) in [6.45, 7) is 4.01. The largest absolute Gasteiger partial charge is 0.396 e. The van der Waals surface area contributed by atoms with Gasteiger partial charge in [0.15, 0.2) is 0 Å². The van der Waals surface area contributed by atoms with Gasteiger partial charge in [0.1, 0.15) is 0 Å². The number of nitrogens with zero attached hydrogens (tertiary/aromatic N) is 1. The Labute approximate surface area is 172 Å². The molecule has 0 aromatic heterocycles. The summed E-state index contributed by atoms with van der Waals surface area (Å²) in [6.07, 6.45) is 12.7. The van der Waals surface area contributed by atoms with Gasteiger partial charge in [0.2, 0.25) is 0 Å². The predicted octanol–water partition coefficient (Wildman–Crippen LogP) is 6.08. The van der Waals surface area contributed by atoms with E-state index in [4.69, 9.17) is 11.6 Å². The molecule has 1 aliphatic carbocycles. The fourth-order valence-corrected chi connectivity index (χ4v) is 5.59. The minimum absolute atomic E-state index is 0.358. The number of likely N-dealkylation sites (tertiary alicyclic amines) is 1. The molecule has 0 spiro atoms. The third-order valence-corrected chi connectivity index (χ3v) is 7.75. The quantitative estimate of drug-likeness (QED) is 0.553. The standard InChI is InChI=1S/C22H33BrClNO/c23-21-5-4-20(24)17-19(21)16-18-6-12-25(13-7-18)14-10-22(11-15-26)8-2-1-3-9-22/h4-5,17-18,26H,1-3,6-16H2. The Kier molecular flexibility index (Phi) is 7.87. The Bertz CT molecular complexity index is 560. The van der Waals surface area contributed by atoms with Crippen molar-refractivity contribution in [2.75, 3.05) is 26.2 Å². The van der Waals surface area contributed by atoms with Crippen molar-refractivity contribution in [1.82, 2.24) is 4.90 Å². The number of piperidine rings is 1. The monoisotopic (exact) mass is 441 g/mol. The fourth-order valence-electron chi connectivity index (χ4n) is 4.98. The number of aliphatic hydroxyl groups is 1. The van der Waals surface area contributed by atoms with Gasteiger partial charge in [-0.1, -0.05) is 46.8 Å². The summed E-state index contributed by atoms with van der Waals surface area (Å²) >= 11 is 9.83. The van der Waals surface area contributed by atoms with E-state index >= 15 is 0 Å². The van der Waals surface area contributed by atoms with Gasteiger partial charge in [-0.2, -0.15) is 0 Å². The van der Waals surface area contributed by atoms with Crippen molar-refractivity contribution in [3.05, 3.63) is 33.3 Å². The lowest BCUT2D eigenvalue weighted by atomic mass is 9.69. The summed E-state index contributed by atoms with van der Waals surface area (Å²) in [5, 5.41) is 10.3. The maximum atomic E-state index is 9.51. The van der Waals surface area contributed by atoms with Gasteiger partial charge in [-0.25, -0.2) is 0 Å². The van der Waals surface area contributed by atoms with E-state index in [9.17, 15) is 5.11 Å². The van der Waals surface area contributed by atoms with Crippen LogP contribution in [-0.4, -0.2) is 36.2 Å². The molecule has 146 valence electrons. The molecule has 0 unspecified atom stereocenters. The van der Waals surface area contributed by atoms with Crippen molar-refractivity contribution in [2.24, 2.45) is 11.3 Å². The number of rotatable bonds is 7. The molecule has 0 atom stereocenters. The zero-order valence-corrected chi connectivity index (χ0v) is 18.2. The Morgan fingerprint density at radius 3 is 2.54 bits per heavy atom. The van der Waals surface area contributed by atoms with Gasteiger partial charge in [-0.3, -0.25) is 0 Å². The zero-order valence-electron chi connectivity index (χ0n) is 15.9. The van der Waals surface area contributed by atoms with E-state index in [1.165, 1.54) is 81.0 Å². The van der Waals surface area contributed by atoms with Gasteiger partial charge >= 0.3 is 0 Å². The smallest absolute Gasteiger partial charge is 0.0436 e. The first-order valence-corrected chi connectivity index (χ1v) is 11.5. The van der Waals surface area contributed by atoms with Crippen LogP contribution in [0.25, 0.3) is 0 Å². The lowest BCUT2D eigenvalue weighted by Crippen LogP contribution is -2.38. The molecule has 1 saturated heterocycles. The molecule has 2 aliphatic rings. The van der Waals surface area contributed by atoms with Gasteiger partial charge in [0, 0.05) is 16.1 Å². The van der Waals surface area contributed by atoms with Gasteiger partial charge in [-0.05, 0) is 99.7 Å². The molecule has 1 aromatic carbocycles. The Hall–Kier alpha value is -0.0900. The summed E-state index contributed by atoms with van der Waals surface area (Å²) in [7, 11) is 0. The first-order chi connectivity index (χ1) is 12.6. The molecule has 1 aromatic rings. The topological polar surface area (TPSA) is 23.5 Å². The third kappa shape index (κ3) is 5.70. The van der Waals surface area contributed by atoms with Crippen LogP contribution in [-0.2, 0) is 6.42 Å². The maximum absolute atomic E-state index is 9.51. The second-order valence-corrected chi connectivity index (χ2v) is 9.80. The summed E-state index contributed by atoms with van der Waals surface area (Å²) in [5.74, 6) is 0.766. The van der Waals surface area contributed by atoms with Crippen molar-refractivity contribution >= 4 is 27.5 Å². The van der Waals surface area contributed by atoms with Gasteiger partial charge < -0.3 is 10.0 Å². The van der Waals surface area contributed by atoms with Crippen LogP contribution in [0.2, 0.25) is 5.02 Å². The van der Waals surface area contributed by atoms with Crippen LogP contribution in [0, 0.1) is 11.3 Å². The molecule has 26 heavy (non-hydrogen) atoms. The summed E-state index contributed by atoms with van der Waals surface area (Å²) < 4.78 is 1.19. The van der Waals surface area contributed by atoms with Crippen LogP contribution in [0.3, 0.4) is 0 Å². The SMILES string of the molecule is OCCC1(CCN2CCC(Cc3cc(Cl)ccc3Br)CC2)CCCCC1. The molecule has 3 rings (SSSR count). The van der Waals surface area contributed by atoms with Gasteiger partial charge in [0.05, 0.1) is 0 Å². The molecular formula is C22H33BrClNO. The number of halogens is 2. The Balaban J connectivity index is 1.45. The second-order valence-electron chi connectivity index (χ2n) is 8.51. The van der Waals surface area contributed by atoms with Crippen LogP contribution in [0.4, 0.5) is 0 Å². The number of hydrogen-bond acceptors (Lipinski definition) is 2. The highest BCUT2D eigenvalue weighted by Crippen LogP contribution is 2.42. The molecule has 1 N–H and O–H groups in total. The average Bonchev–Trinajstić information content (AvgIpc) is 2.65. The highest BCUT2D eigenvalue weighted by atomic mass is 79.9. The van der Waals surface area contributed by atoms with E-state index in [1.807, 2.05) is 6.07 Å². The second kappa shape index (κ2) is 9.91. The molecule has 0 amide bonds. The van der Waals surface area contributed by atoms with Crippen LogP contribution >= 0.6 is 27.5 Å². The average molecular weight is 443 g/mol. The molecule has 0 bridgehead atoms. The van der Waals surface area contributed by atoms with Crippen molar-refractivity contribution in [1.29, 1.82) is 0 Å². The molecule has 1 heterocycles. The van der Waals surface area contributed by atoms with E-state index in [0.29, 0.717) is 12.0 Å². The maximum Gasteiger partial charge on any atom is 0.0436 e. The van der Waals surface area contributed by atoms with Gasteiger partial charge in [-0.15, -0.1) is 0 Å². The third-order valence-electron chi connectivity index (χ3n) is 6.74. The molecule has 0 radical (unpaired) electrons. The van der Waals surface area contributed by atoms with Crippen molar-refractivity contribution in [3.8, 4) is 0 Å². The first-order valence-electron chi connectivity index (χ1n) is 10.4. The van der Waals surface area contributed by atoms with Gasteiger partial charge in [0.25, 0.3) is 0 Å². The zero-order chi connectivity index (χ0) is 18.4. The lowest BCUT2D eigenvalue weighted by molar-refractivity contribution is 0.0894. The van der Waals surface area contributed by atoms with Crippen LogP contribution in [0.1, 0.15) is 63.4 Å². The number of hydrogen-bond donors (Lipinski definition) is 1. The highest BCUT2D eigenvalue weighted by Gasteiger charge is 2.32. The van der Waals surface area contributed by atoms with E-state index < -0.39 is 0 Å². The normalized spacial score (nSPS) is 21.8. The Morgan fingerprint density at radius 2 is 1.85 bits per heavy atom. The minimum atomic E-state index is 0.358. The number of benzene rings is 1. The molecular weight excluding hydrogens is 410 g/mol. The fraction of sp³-hybridized carbons (Fsp3) is 0.727. The molecule has 2 nitrogen and oxygen atoms in total. The summed E-state index contributed by atoms with van der Waals surface area (Å²) in [4.78, 5) is 2.66. The van der Waals surface area contributed by atoms with E-state index in [2.05, 4.69) is 33.0 Å². The van der Waals surface area contributed by atoms with Crippen LogP contribution in [0.15, 0.2) is 22.7 Å². The van der Waals surface area contributed by atoms with Crippen molar-refractivity contribution < 1.29 is 5.11 Å². The minimum Gasteiger partial charge on any atom is -0.396 e. The van der Waals surface area contributed by atoms with Crippen LogP contribution < -0.4 is 0 Å². The first kappa shape index (κ1) is 20.6. The molecule has 1 aliphatic heterocycles. The lowest BCUT2D eigenvalue weighted by Gasteiger charge is -2.40. The predicted molar refractivity (Wildman–Crippen MR) is 114 cm³/mol. The van der Waals surface area contributed by atoms with E-state index in [-0.39, 0.29) is 0 Å².